The van der Waals surface area contributed by atoms with Crippen molar-refractivity contribution in [2.75, 3.05) is 26.4 Å². The molecule has 3 aliphatic heterocycles. The molecular formula is C23H36N2O15. The van der Waals surface area contributed by atoms with Crippen LogP contribution in [-0.2, 0) is 43.0 Å². The van der Waals surface area contributed by atoms with Crippen molar-refractivity contribution in [2.24, 2.45) is 0 Å². The first kappa shape index (κ1) is 32.2. The molecule has 0 spiro atoms. The zero-order chi connectivity index (χ0) is 29.4. The number of hydrogen-bond acceptors (Lipinski definition) is 15. The summed E-state index contributed by atoms with van der Waals surface area (Å²) in [5, 5.41) is 62.6. The Hall–Kier alpha value is -2.32. The molecular weight excluding hydrogens is 544 g/mol. The molecule has 3 fully saturated rings. The van der Waals surface area contributed by atoms with Crippen LogP contribution in [0.4, 0.5) is 0 Å². The lowest BCUT2D eigenvalue weighted by molar-refractivity contribution is -0.342. The minimum Gasteiger partial charge on any atom is -0.394 e. The highest BCUT2D eigenvalue weighted by Crippen LogP contribution is 2.29. The lowest BCUT2D eigenvalue weighted by atomic mass is 9.98. The van der Waals surface area contributed by atoms with Gasteiger partial charge in [0, 0.05) is 38.6 Å². The third kappa shape index (κ3) is 8.35. The van der Waals surface area contributed by atoms with Crippen LogP contribution in [0.2, 0.25) is 0 Å². The zero-order valence-corrected chi connectivity index (χ0v) is 21.6. The monoisotopic (exact) mass is 580 g/mol. The average Bonchev–Trinajstić information content (AvgIpc) is 3.24. The van der Waals surface area contributed by atoms with Gasteiger partial charge in [0.1, 0.15) is 30.5 Å². The molecule has 17 heteroatoms. The number of rotatable bonds is 13. The summed E-state index contributed by atoms with van der Waals surface area (Å²) in [5.74, 6) is -2.44. The minimum absolute atomic E-state index is 0.00529. The normalized spacial score (nSPS) is 34.6. The third-order valence-electron chi connectivity index (χ3n) is 6.53. The Morgan fingerprint density at radius 1 is 0.900 bits per heavy atom. The Labute approximate surface area is 228 Å². The first-order valence-electron chi connectivity index (χ1n) is 12.9. The van der Waals surface area contributed by atoms with Crippen LogP contribution in [0.15, 0.2) is 0 Å². The standard InChI is InChI=1S/C23H36N2O15/c26-9-11-8-12(38-23-21(35)20(34)18(32)13(10-27)39-23)19(33)22(37-11)36-7-6-24-14(28)2-1-3-17(31)40-25-15(29)4-5-16(25)30/h11-13,18-23,26-27,32-35H,1-10H2,(H,24,28)/t11?,12?,13?,18-,19?,20?,21?,22?,23+/m1/s1. The molecule has 7 N–H and O–H groups in total. The molecule has 3 aliphatic rings. The second-order valence-corrected chi connectivity index (χ2v) is 9.53. The molecule has 0 aromatic carbocycles. The molecule has 3 heterocycles. The van der Waals surface area contributed by atoms with E-state index in [1.54, 1.807) is 0 Å². The summed E-state index contributed by atoms with van der Waals surface area (Å²) in [6, 6.07) is 0. The quantitative estimate of drug-likeness (QED) is 0.0801. The topological polar surface area (TPSA) is 251 Å². The van der Waals surface area contributed by atoms with Gasteiger partial charge in [-0.25, -0.2) is 4.79 Å². The first-order valence-corrected chi connectivity index (χ1v) is 12.9. The van der Waals surface area contributed by atoms with E-state index in [2.05, 4.69) is 5.32 Å². The van der Waals surface area contributed by atoms with Crippen molar-refractivity contribution in [1.82, 2.24) is 10.4 Å². The number of amides is 3. The van der Waals surface area contributed by atoms with Crippen molar-refractivity contribution in [3.8, 4) is 0 Å². The molecule has 3 amide bonds. The summed E-state index contributed by atoms with van der Waals surface area (Å²) >= 11 is 0. The summed E-state index contributed by atoms with van der Waals surface area (Å²) < 4.78 is 21.9. The maximum absolute atomic E-state index is 12.0. The van der Waals surface area contributed by atoms with Crippen molar-refractivity contribution < 1.29 is 73.6 Å². The summed E-state index contributed by atoms with van der Waals surface area (Å²) in [7, 11) is 0. The number of hydroxylamine groups is 2. The highest BCUT2D eigenvalue weighted by atomic mass is 16.7. The van der Waals surface area contributed by atoms with E-state index in [1.807, 2.05) is 0 Å². The molecule has 0 aliphatic carbocycles. The molecule has 9 atom stereocenters. The minimum atomic E-state index is -1.69. The predicted octanol–water partition coefficient (Wildman–Crippen LogP) is -4.45. The van der Waals surface area contributed by atoms with E-state index in [4.69, 9.17) is 23.8 Å². The maximum atomic E-state index is 12.0. The highest BCUT2D eigenvalue weighted by Gasteiger charge is 2.47. The number of nitrogens with zero attached hydrogens (tertiary/aromatic N) is 1. The number of carbonyl (C=O) groups excluding carboxylic acids is 4. The summed E-state index contributed by atoms with van der Waals surface area (Å²) in [6.45, 7) is -1.25. The van der Waals surface area contributed by atoms with Gasteiger partial charge in [0.15, 0.2) is 12.6 Å². The molecule has 17 nitrogen and oxygen atoms in total. The number of carbonyl (C=O) groups is 4. The van der Waals surface area contributed by atoms with E-state index < -0.39 is 92.2 Å². The fourth-order valence-electron chi connectivity index (χ4n) is 4.30. The van der Waals surface area contributed by atoms with Crippen LogP contribution < -0.4 is 5.32 Å². The van der Waals surface area contributed by atoms with Gasteiger partial charge < -0.3 is 59.7 Å². The van der Waals surface area contributed by atoms with E-state index in [9.17, 15) is 49.8 Å². The van der Waals surface area contributed by atoms with Crippen LogP contribution in [0.3, 0.4) is 0 Å². The van der Waals surface area contributed by atoms with Crippen molar-refractivity contribution in [1.29, 1.82) is 0 Å². The Morgan fingerprint density at radius 2 is 1.60 bits per heavy atom. The van der Waals surface area contributed by atoms with E-state index in [-0.39, 0.29) is 51.7 Å². The second-order valence-electron chi connectivity index (χ2n) is 9.53. The fraction of sp³-hybridized carbons (Fsp3) is 0.826. The van der Waals surface area contributed by atoms with Gasteiger partial charge in [-0.1, -0.05) is 0 Å². The molecule has 0 saturated carbocycles. The smallest absolute Gasteiger partial charge is 0.333 e. The van der Waals surface area contributed by atoms with Gasteiger partial charge in [-0.2, -0.15) is 0 Å². The van der Waals surface area contributed by atoms with Gasteiger partial charge in [-0.05, 0) is 6.42 Å². The van der Waals surface area contributed by atoms with E-state index in [0.717, 1.165) is 0 Å². The Kier molecular flexibility index (Phi) is 12.1. The van der Waals surface area contributed by atoms with Gasteiger partial charge in [0.05, 0.1) is 32.0 Å². The van der Waals surface area contributed by atoms with Gasteiger partial charge in [-0.15, -0.1) is 5.06 Å². The summed E-state index contributed by atoms with van der Waals surface area (Å²) in [5.41, 5.74) is 0. The molecule has 3 rings (SSSR count). The third-order valence-corrected chi connectivity index (χ3v) is 6.53. The number of nitrogens with one attached hydrogen (secondary N) is 1. The molecule has 0 aromatic rings. The molecule has 40 heavy (non-hydrogen) atoms. The number of hydrogen-bond donors (Lipinski definition) is 7. The molecule has 0 aromatic heterocycles. The molecule has 7 unspecified atom stereocenters. The number of aliphatic hydroxyl groups is 6. The second kappa shape index (κ2) is 15.1. The summed E-state index contributed by atoms with van der Waals surface area (Å²) in [4.78, 5) is 51.4. The lowest BCUT2D eigenvalue weighted by Gasteiger charge is -2.44. The Morgan fingerprint density at radius 3 is 2.25 bits per heavy atom. The van der Waals surface area contributed by atoms with Crippen LogP contribution in [-0.4, -0.2) is 141 Å². The van der Waals surface area contributed by atoms with Crippen molar-refractivity contribution in [3.63, 3.8) is 0 Å². The fourth-order valence-corrected chi connectivity index (χ4v) is 4.30. The Bertz CT molecular complexity index is 872. The molecule has 0 bridgehead atoms. The maximum Gasteiger partial charge on any atom is 0.333 e. The van der Waals surface area contributed by atoms with Crippen molar-refractivity contribution in [3.05, 3.63) is 0 Å². The highest BCUT2D eigenvalue weighted by molar-refractivity contribution is 6.01. The molecule has 0 radical (unpaired) electrons. The van der Waals surface area contributed by atoms with Gasteiger partial charge in [0.2, 0.25) is 5.91 Å². The summed E-state index contributed by atoms with van der Waals surface area (Å²) in [6.07, 6.45) is -12.6. The van der Waals surface area contributed by atoms with E-state index in [0.29, 0.717) is 5.06 Å². The van der Waals surface area contributed by atoms with Crippen molar-refractivity contribution in [2.45, 2.75) is 93.8 Å². The lowest BCUT2D eigenvalue weighted by Crippen LogP contribution is -2.61. The Balaban J connectivity index is 1.38. The number of ether oxygens (including phenoxy) is 4. The number of aliphatic hydroxyl groups excluding tert-OH is 6. The van der Waals surface area contributed by atoms with Crippen LogP contribution in [0.5, 0.6) is 0 Å². The van der Waals surface area contributed by atoms with Gasteiger partial charge >= 0.3 is 5.97 Å². The van der Waals surface area contributed by atoms with Gasteiger partial charge in [-0.3, -0.25) is 14.4 Å². The molecule has 3 saturated heterocycles. The predicted molar refractivity (Wildman–Crippen MR) is 125 cm³/mol. The van der Waals surface area contributed by atoms with Crippen LogP contribution >= 0.6 is 0 Å². The zero-order valence-electron chi connectivity index (χ0n) is 21.6. The molecule has 228 valence electrons. The van der Waals surface area contributed by atoms with Crippen molar-refractivity contribution >= 4 is 23.7 Å². The van der Waals surface area contributed by atoms with Crippen LogP contribution in [0.25, 0.3) is 0 Å². The van der Waals surface area contributed by atoms with Crippen LogP contribution in [0.1, 0.15) is 38.5 Å². The van der Waals surface area contributed by atoms with Crippen LogP contribution in [0, 0.1) is 0 Å². The SMILES string of the molecule is O=C(CCCC(=O)ON1C(=O)CCC1=O)NCCOC1OC(CO)CC(O[C@H]2OC(CO)[C@@H](O)C(O)C2O)C1O. The number of imide groups is 1. The first-order chi connectivity index (χ1) is 19.0. The largest absolute Gasteiger partial charge is 0.394 e. The van der Waals surface area contributed by atoms with Gasteiger partial charge in [0.25, 0.3) is 11.8 Å². The van der Waals surface area contributed by atoms with E-state index in [1.165, 1.54) is 0 Å². The average molecular weight is 581 g/mol. The van der Waals surface area contributed by atoms with E-state index >= 15 is 0 Å².